The maximum absolute atomic E-state index is 12.9. The first-order valence-corrected chi connectivity index (χ1v) is 11.9. The summed E-state index contributed by atoms with van der Waals surface area (Å²) in [5, 5.41) is 0. The number of likely N-dealkylation sites (N-methyl/N-ethyl adjacent to an activating group) is 2. The number of carbonyl (C=O) groups excluding carboxylic acids is 2. The van der Waals surface area contributed by atoms with E-state index in [0.717, 1.165) is 0 Å². The lowest BCUT2D eigenvalue weighted by atomic mass is 10.00. The summed E-state index contributed by atoms with van der Waals surface area (Å²) in [5.41, 5.74) is 1.25. The van der Waals surface area contributed by atoms with Crippen molar-refractivity contribution in [3.8, 4) is 23.0 Å². The summed E-state index contributed by atoms with van der Waals surface area (Å²) < 4.78 is 21.3. The Morgan fingerprint density at radius 1 is 0.722 bits per heavy atom. The SMILES string of the molecule is COc1ccc(OC)c(C(=S)N(C)CC(=O)C(C)C(=O)CN(C)C(=S)c2cc(OC)ccc2OC)c1. The van der Waals surface area contributed by atoms with Crippen LogP contribution in [0.15, 0.2) is 36.4 Å². The van der Waals surface area contributed by atoms with Crippen LogP contribution in [0.25, 0.3) is 0 Å². The molecular formula is C26H32N2O6S2. The van der Waals surface area contributed by atoms with Gasteiger partial charge in [0.25, 0.3) is 0 Å². The first-order valence-electron chi connectivity index (χ1n) is 11.1. The Labute approximate surface area is 223 Å². The van der Waals surface area contributed by atoms with Crippen LogP contribution in [0.1, 0.15) is 18.1 Å². The van der Waals surface area contributed by atoms with Gasteiger partial charge in [-0.25, -0.2) is 0 Å². The zero-order valence-corrected chi connectivity index (χ0v) is 23.2. The normalized spacial score (nSPS) is 10.4. The van der Waals surface area contributed by atoms with Gasteiger partial charge in [0, 0.05) is 14.1 Å². The van der Waals surface area contributed by atoms with Gasteiger partial charge in [-0.15, -0.1) is 0 Å². The van der Waals surface area contributed by atoms with E-state index in [4.69, 9.17) is 43.4 Å². The minimum atomic E-state index is -0.847. The molecule has 0 aliphatic rings. The van der Waals surface area contributed by atoms with Crippen LogP contribution in [-0.2, 0) is 9.59 Å². The van der Waals surface area contributed by atoms with Crippen molar-refractivity contribution in [1.29, 1.82) is 0 Å². The molecule has 2 aromatic rings. The number of ketones is 2. The van der Waals surface area contributed by atoms with E-state index in [9.17, 15) is 9.59 Å². The first-order chi connectivity index (χ1) is 17.1. The lowest BCUT2D eigenvalue weighted by molar-refractivity contribution is -0.132. The number of Topliss-reactive ketones (excluding diaryl/α,β-unsaturated/α-hetero) is 2. The molecule has 0 atom stereocenters. The molecule has 0 spiro atoms. The van der Waals surface area contributed by atoms with Crippen LogP contribution in [0.4, 0.5) is 0 Å². The van der Waals surface area contributed by atoms with Gasteiger partial charge in [-0.05, 0) is 43.3 Å². The molecule has 0 unspecified atom stereocenters. The highest BCUT2D eigenvalue weighted by atomic mass is 32.1. The zero-order chi connectivity index (χ0) is 27.0. The standard InChI is InChI=1S/C26H32N2O6S2/c1-16(21(29)14-27(2)25(35)19-12-17(31-4)8-10-23(19)33-6)22(30)15-28(3)26(36)20-13-18(32-5)9-11-24(20)34-7/h8-13,16H,14-15H2,1-7H3. The number of methoxy groups -OCH3 is 4. The Hall–Kier alpha value is -3.24. The quantitative estimate of drug-likeness (QED) is 0.300. The lowest BCUT2D eigenvalue weighted by Crippen LogP contribution is -2.40. The van der Waals surface area contributed by atoms with Crippen molar-refractivity contribution >= 4 is 46.0 Å². The van der Waals surface area contributed by atoms with E-state index in [0.29, 0.717) is 44.1 Å². The van der Waals surface area contributed by atoms with Crippen molar-refractivity contribution < 1.29 is 28.5 Å². The molecule has 0 radical (unpaired) electrons. The van der Waals surface area contributed by atoms with Crippen molar-refractivity contribution in [3.63, 3.8) is 0 Å². The van der Waals surface area contributed by atoms with Gasteiger partial charge >= 0.3 is 0 Å². The molecule has 0 fully saturated rings. The molecule has 194 valence electrons. The molecule has 0 heterocycles. The molecule has 8 nitrogen and oxygen atoms in total. The fraction of sp³-hybridized carbons (Fsp3) is 0.385. The summed E-state index contributed by atoms with van der Waals surface area (Å²) in [6.07, 6.45) is 0. The van der Waals surface area contributed by atoms with Gasteiger partial charge in [0.15, 0.2) is 11.6 Å². The van der Waals surface area contributed by atoms with Crippen molar-refractivity contribution in [3.05, 3.63) is 47.5 Å². The highest BCUT2D eigenvalue weighted by molar-refractivity contribution is 7.81. The van der Waals surface area contributed by atoms with Gasteiger partial charge in [-0.1, -0.05) is 24.4 Å². The summed E-state index contributed by atoms with van der Waals surface area (Å²) in [4.78, 5) is 29.9. The molecule has 36 heavy (non-hydrogen) atoms. The summed E-state index contributed by atoms with van der Waals surface area (Å²) in [6, 6.07) is 10.5. The molecule has 0 amide bonds. The van der Waals surface area contributed by atoms with E-state index in [1.54, 1.807) is 95.7 Å². The monoisotopic (exact) mass is 532 g/mol. The van der Waals surface area contributed by atoms with Gasteiger partial charge in [0.05, 0.1) is 58.6 Å². The third-order valence-corrected chi connectivity index (χ3v) is 6.78. The number of carbonyl (C=O) groups is 2. The van der Waals surface area contributed by atoms with Crippen LogP contribution < -0.4 is 18.9 Å². The van der Waals surface area contributed by atoms with E-state index in [1.165, 1.54) is 0 Å². The number of rotatable bonds is 12. The van der Waals surface area contributed by atoms with Crippen molar-refractivity contribution in [2.24, 2.45) is 5.92 Å². The molecule has 2 aromatic carbocycles. The number of ether oxygens (including phenoxy) is 4. The Balaban J connectivity index is 2.07. The molecular weight excluding hydrogens is 500 g/mol. The van der Waals surface area contributed by atoms with Crippen LogP contribution in [0.3, 0.4) is 0 Å². The second-order valence-corrected chi connectivity index (χ2v) is 8.88. The fourth-order valence-corrected chi connectivity index (χ4v) is 3.89. The maximum Gasteiger partial charge on any atom is 0.162 e. The topological polar surface area (TPSA) is 77.5 Å². The van der Waals surface area contributed by atoms with E-state index in [1.807, 2.05) is 0 Å². The molecule has 2 rings (SSSR count). The Morgan fingerprint density at radius 2 is 1.08 bits per heavy atom. The van der Waals surface area contributed by atoms with Gasteiger partial charge in [0.2, 0.25) is 0 Å². The number of nitrogens with zero attached hydrogens (tertiary/aromatic N) is 2. The van der Waals surface area contributed by atoms with E-state index < -0.39 is 5.92 Å². The third kappa shape index (κ3) is 6.92. The van der Waals surface area contributed by atoms with E-state index in [-0.39, 0.29) is 24.7 Å². The second-order valence-electron chi connectivity index (χ2n) is 8.11. The third-order valence-electron chi connectivity index (χ3n) is 5.72. The van der Waals surface area contributed by atoms with Crippen LogP contribution in [0, 0.1) is 5.92 Å². The van der Waals surface area contributed by atoms with Crippen LogP contribution >= 0.6 is 24.4 Å². The minimum Gasteiger partial charge on any atom is -0.497 e. The molecule has 0 aromatic heterocycles. The predicted octanol–water partition coefficient (Wildman–Crippen LogP) is 3.41. The molecule has 0 aliphatic heterocycles. The second kappa shape index (κ2) is 13.2. The van der Waals surface area contributed by atoms with Crippen LogP contribution in [-0.4, -0.2) is 87.0 Å². The molecule has 0 aliphatic carbocycles. The molecule has 0 saturated carbocycles. The van der Waals surface area contributed by atoms with Crippen LogP contribution in [0.5, 0.6) is 23.0 Å². The Morgan fingerprint density at radius 3 is 1.39 bits per heavy atom. The predicted molar refractivity (Wildman–Crippen MR) is 147 cm³/mol. The Kier molecular flexibility index (Phi) is 10.6. The zero-order valence-electron chi connectivity index (χ0n) is 21.6. The summed E-state index contributed by atoms with van der Waals surface area (Å²) in [7, 11) is 9.60. The van der Waals surface area contributed by atoms with Crippen LogP contribution in [0.2, 0.25) is 0 Å². The molecule has 0 saturated heterocycles. The summed E-state index contributed by atoms with van der Waals surface area (Å²) in [5.74, 6) is 0.987. The largest absolute Gasteiger partial charge is 0.497 e. The van der Waals surface area contributed by atoms with Crippen molar-refractivity contribution in [2.45, 2.75) is 6.92 Å². The number of hydrogen-bond donors (Lipinski definition) is 0. The summed E-state index contributed by atoms with van der Waals surface area (Å²) >= 11 is 11.2. The van der Waals surface area contributed by atoms with E-state index >= 15 is 0 Å². The highest BCUT2D eigenvalue weighted by Crippen LogP contribution is 2.27. The Bertz CT molecular complexity index is 1050. The van der Waals surface area contributed by atoms with E-state index in [2.05, 4.69) is 0 Å². The average Bonchev–Trinajstić information content (AvgIpc) is 2.90. The number of benzene rings is 2. The number of thiocarbonyl (C=S) groups is 2. The van der Waals surface area contributed by atoms with Gasteiger partial charge in [0.1, 0.15) is 33.0 Å². The average molecular weight is 533 g/mol. The molecule has 0 N–H and O–H groups in total. The first kappa shape index (κ1) is 29.0. The smallest absolute Gasteiger partial charge is 0.162 e. The van der Waals surface area contributed by atoms with Gasteiger partial charge in [-0.3, -0.25) is 9.59 Å². The minimum absolute atomic E-state index is 0.0377. The van der Waals surface area contributed by atoms with Gasteiger partial charge < -0.3 is 28.7 Å². The van der Waals surface area contributed by atoms with Crippen molar-refractivity contribution in [1.82, 2.24) is 9.80 Å². The lowest BCUT2D eigenvalue weighted by Gasteiger charge is -2.24. The highest BCUT2D eigenvalue weighted by Gasteiger charge is 2.26. The van der Waals surface area contributed by atoms with Crippen molar-refractivity contribution in [2.75, 3.05) is 55.6 Å². The van der Waals surface area contributed by atoms with Gasteiger partial charge in [-0.2, -0.15) is 0 Å². The molecule has 0 bridgehead atoms. The fourth-order valence-electron chi connectivity index (χ4n) is 3.44. The summed E-state index contributed by atoms with van der Waals surface area (Å²) in [6.45, 7) is 1.52. The maximum atomic E-state index is 12.9. The number of hydrogen-bond acceptors (Lipinski definition) is 8. The molecule has 10 heteroatoms.